The molecule has 1 N–H and O–H groups in total. The van der Waals surface area contributed by atoms with Gasteiger partial charge in [-0.15, -0.1) is 0 Å². The Labute approximate surface area is 142 Å². The maximum absolute atomic E-state index is 14.9. The molecule has 2 fully saturated rings. The van der Waals surface area contributed by atoms with Crippen molar-refractivity contribution in [2.75, 3.05) is 6.61 Å². The van der Waals surface area contributed by atoms with Crippen molar-refractivity contribution in [3.8, 4) is 0 Å². The van der Waals surface area contributed by atoms with Crippen LogP contribution in [0, 0.1) is 11.8 Å². The third-order valence-electron chi connectivity index (χ3n) is 5.40. The van der Waals surface area contributed by atoms with Gasteiger partial charge in [-0.2, -0.15) is 22.0 Å². The molecule has 2 aliphatic rings. The first-order valence-corrected chi connectivity index (χ1v) is 8.46. The average molecular weight is 374 g/mol. The van der Waals surface area contributed by atoms with E-state index in [9.17, 15) is 31.9 Å². The van der Waals surface area contributed by atoms with Crippen molar-refractivity contribution in [3.05, 3.63) is 0 Å². The molecule has 25 heavy (non-hydrogen) atoms. The van der Waals surface area contributed by atoms with Gasteiger partial charge in [0.1, 0.15) is 0 Å². The van der Waals surface area contributed by atoms with E-state index in [4.69, 9.17) is 4.74 Å². The normalized spacial score (nSPS) is 34.7. The number of carbonyl (C=O) groups excluding carboxylic acids is 1. The molecule has 0 aromatic rings. The molecule has 0 bridgehead atoms. The molecule has 0 aromatic heterocycles. The first-order chi connectivity index (χ1) is 11.4. The maximum atomic E-state index is 14.9. The second-order valence-corrected chi connectivity index (χ2v) is 6.96. The van der Waals surface area contributed by atoms with Gasteiger partial charge in [0.2, 0.25) is 5.60 Å². The van der Waals surface area contributed by atoms with E-state index in [0.717, 1.165) is 6.42 Å². The number of hydrogen-bond acceptors (Lipinski definition) is 4. The zero-order valence-electron chi connectivity index (χ0n) is 14.2. The molecule has 1 saturated heterocycles. The molecule has 4 nitrogen and oxygen atoms in total. The van der Waals surface area contributed by atoms with Gasteiger partial charge in [0.05, 0.1) is 12.5 Å². The highest BCUT2D eigenvalue weighted by Gasteiger charge is 2.85. The molecule has 0 radical (unpaired) electrons. The lowest BCUT2D eigenvalue weighted by Crippen LogP contribution is -2.66. The lowest BCUT2D eigenvalue weighted by molar-refractivity contribution is -0.411. The Morgan fingerprint density at radius 3 is 2.28 bits per heavy atom. The molecule has 146 valence electrons. The van der Waals surface area contributed by atoms with E-state index in [1.54, 1.807) is 6.92 Å². The van der Waals surface area contributed by atoms with Crippen molar-refractivity contribution >= 4 is 5.97 Å². The van der Waals surface area contributed by atoms with Crippen LogP contribution in [0.2, 0.25) is 0 Å². The molecule has 3 atom stereocenters. The third kappa shape index (κ3) is 3.03. The number of esters is 1. The Balaban J connectivity index is 2.47. The fraction of sp³-hybridized carbons (Fsp3) is 0.938. The summed E-state index contributed by atoms with van der Waals surface area (Å²) in [5.74, 6) is -12.3. The number of ether oxygens (including phenoxy) is 2. The largest absolute Gasteiger partial charge is 0.449 e. The molecule has 9 heteroatoms. The van der Waals surface area contributed by atoms with Crippen LogP contribution in [-0.4, -0.2) is 41.2 Å². The van der Waals surface area contributed by atoms with Crippen molar-refractivity contribution in [3.63, 3.8) is 0 Å². The number of alkyl halides is 5. The molecular formula is C16H23F5O4. The predicted molar refractivity (Wildman–Crippen MR) is 76.8 cm³/mol. The smallest absolute Gasteiger partial charge is 0.449 e. The van der Waals surface area contributed by atoms with Crippen LogP contribution in [0.4, 0.5) is 22.0 Å². The van der Waals surface area contributed by atoms with Crippen molar-refractivity contribution in [1.82, 2.24) is 0 Å². The lowest BCUT2D eigenvalue weighted by atomic mass is 9.73. The molecular weight excluding hydrogens is 351 g/mol. The zero-order valence-corrected chi connectivity index (χ0v) is 14.2. The Hall–Kier alpha value is -0.960. The second kappa shape index (κ2) is 6.64. The molecule has 1 aliphatic carbocycles. The van der Waals surface area contributed by atoms with Gasteiger partial charge in [-0.1, -0.05) is 33.1 Å². The highest BCUT2D eigenvalue weighted by molar-refractivity contribution is 5.72. The minimum absolute atomic E-state index is 0.181. The van der Waals surface area contributed by atoms with E-state index in [-0.39, 0.29) is 19.3 Å². The van der Waals surface area contributed by atoms with Crippen molar-refractivity contribution in [2.45, 2.75) is 75.9 Å². The van der Waals surface area contributed by atoms with Gasteiger partial charge >= 0.3 is 23.9 Å². The molecule has 1 saturated carbocycles. The topological polar surface area (TPSA) is 55.8 Å². The molecule has 2 rings (SSSR count). The number of hydrogen-bond donors (Lipinski definition) is 1. The van der Waals surface area contributed by atoms with E-state index in [2.05, 4.69) is 4.74 Å². The van der Waals surface area contributed by atoms with E-state index in [1.807, 2.05) is 0 Å². The Morgan fingerprint density at radius 2 is 1.84 bits per heavy atom. The van der Waals surface area contributed by atoms with Crippen LogP contribution < -0.4 is 0 Å². The quantitative estimate of drug-likeness (QED) is 0.601. The minimum Gasteiger partial charge on any atom is -0.449 e. The summed E-state index contributed by atoms with van der Waals surface area (Å²) in [5, 5.41) is 9.64. The van der Waals surface area contributed by atoms with Crippen molar-refractivity contribution in [1.29, 1.82) is 0 Å². The van der Waals surface area contributed by atoms with Crippen LogP contribution in [0.25, 0.3) is 0 Å². The fourth-order valence-corrected chi connectivity index (χ4v) is 3.51. The molecule has 3 unspecified atom stereocenters. The van der Waals surface area contributed by atoms with Gasteiger partial charge in [0.25, 0.3) is 0 Å². The van der Waals surface area contributed by atoms with Gasteiger partial charge < -0.3 is 14.6 Å². The summed E-state index contributed by atoms with van der Waals surface area (Å²) >= 11 is 0. The number of rotatable bonds is 4. The minimum atomic E-state index is -5.73. The lowest BCUT2D eigenvalue weighted by Gasteiger charge is -2.43. The Morgan fingerprint density at radius 1 is 1.28 bits per heavy atom. The molecule has 0 spiro atoms. The van der Waals surface area contributed by atoms with E-state index in [1.165, 1.54) is 6.92 Å². The van der Waals surface area contributed by atoms with Crippen LogP contribution in [0.1, 0.15) is 52.4 Å². The maximum Gasteiger partial charge on any atom is 0.449 e. The average Bonchev–Trinajstić information content (AvgIpc) is 2.76. The van der Waals surface area contributed by atoms with Crippen molar-refractivity contribution in [2.24, 2.45) is 11.8 Å². The molecule has 1 aliphatic heterocycles. The van der Waals surface area contributed by atoms with E-state index in [0.29, 0.717) is 12.8 Å². The van der Waals surface area contributed by atoms with Gasteiger partial charge in [-0.25, -0.2) is 0 Å². The fourth-order valence-electron chi connectivity index (χ4n) is 3.51. The van der Waals surface area contributed by atoms with Gasteiger partial charge in [-0.05, 0) is 19.3 Å². The summed E-state index contributed by atoms with van der Waals surface area (Å²) in [6.07, 6.45) is -3.24. The molecule has 0 aromatic carbocycles. The third-order valence-corrected chi connectivity index (χ3v) is 5.40. The van der Waals surface area contributed by atoms with Gasteiger partial charge in [-0.3, -0.25) is 4.79 Å². The molecule has 0 amide bonds. The summed E-state index contributed by atoms with van der Waals surface area (Å²) in [5.41, 5.74) is -2.82. The predicted octanol–water partition coefficient (Wildman–Crippen LogP) is 3.81. The van der Waals surface area contributed by atoms with E-state index < -0.39 is 47.9 Å². The van der Waals surface area contributed by atoms with Crippen LogP contribution in [0.15, 0.2) is 0 Å². The van der Waals surface area contributed by atoms with Crippen LogP contribution in [-0.2, 0) is 14.3 Å². The van der Waals surface area contributed by atoms with Gasteiger partial charge in [0, 0.05) is 5.92 Å². The SMILES string of the molecule is CCC(C)C(=O)OC1(C2CCCCC2)COC(O)(C(F)(F)F)C1(F)F. The van der Waals surface area contributed by atoms with Crippen LogP contribution >= 0.6 is 0 Å². The summed E-state index contributed by atoms with van der Waals surface area (Å²) < 4.78 is 78.5. The Bertz CT molecular complexity index is 503. The second-order valence-electron chi connectivity index (χ2n) is 6.96. The Kier molecular flexibility index (Phi) is 5.41. The van der Waals surface area contributed by atoms with Gasteiger partial charge in [0.15, 0.2) is 0 Å². The monoisotopic (exact) mass is 374 g/mol. The van der Waals surface area contributed by atoms with E-state index >= 15 is 0 Å². The highest BCUT2D eigenvalue weighted by Crippen LogP contribution is 2.59. The van der Waals surface area contributed by atoms with Crippen LogP contribution in [0.5, 0.6) is 0 Å². The number of halogens is 5. The standard InChI is InChI=1S/C16H23F5O4/c1-3-10(2)12(22)25-13(11-7-5-4-6-8-11)9-24-15(23,14(13,17)18)16(19,20)21/h10-11,23H,3-9H2,1-2H3. The summed E-state index contributed by atoms with van der Waals surface area (Å²) in [6, 6.07) is 0. The first-order valence-electron chi connectivity index (χ1n) is 8.46. The van der Waals surface area contributed by atoms with Crippen LogP contribution in [0.3, 0.4) is 0 Å². The van der Waals surface area contributed by atoms with Crippen molar-refractivity contribution < 1.29 is 41.3 Å². The summed E-state index contributed by atoms with van der Waals surface area (Å²) in [7, 11) is 0. The number of carbonyl (C=O) groups is 1. The number of aliphatic hydroxyl groups is 1. The summed E-state index contributed by atoms with van der Waals surface area (Å²) in [4.78, 5) is 12.2. The molecule has 1 heterocycles. The highest BCUT2D eigenvalue weighted by atomic mass is 19.4. The zero-order chi connectivity index (χ0) is 19.1. The first kappa shape index (κ1) is 20.4. The summed E-state index contributed by atoms with van der Waals surface area (Å²) in [6.45, 7) is 1.89.